The molecule has 0 aliphatic carbocycles. The fourth-order valence-electron chi connectivity index (χ4n) is 3.28. The van der Waals surface area contributed by atoms with Crippen molar-refractivity contribution in [1.82, 2.24) is 15.2 Å². The summed E-state index contributed by atoms with van der Waals surface area (Å²) in [5, 5.41) is 11.8. The number of esters is 1. The summed E-state index contributed by atoms with van der Waals surface area (Å²) in [6.45, 7) is 7.48. The number of rotatable bonds is 6. The Kier molecular flexibility index (Phi) is 10.8. The summed E-state index contributed by atoms with van der Waals surface area (Å²) < 4.78 is 82.7. The quantitative estimate of drug-likeness (QED) is 0.380. The van der Waals surface area contributed by atoms with E-state index in [2.05, 4.69) is 15.0 Å². The van der Waals surface area contributed by atoms with Crippen LogP contribution < -0.4 is 10.1 Å². The lowest BCUT2D eigenvalue weighted by Crippen LogP contribution is -2.49. The topological polar surface area (TPSA) is 118 Å². The van der Waals surface area contributed by atoms with Gasteiger partial charge in [0.2, 0.25) is 11.8 Å². The van der Waals surface area contributed by atoms with Crippen LogP contribution in [0.15, 0.2) is 18.3 Å². The van der Waals surface area contributed by atoms with Gasteiger partial charge >= 0.3 is 24.4 Å². The number of amides is 2. The van der Waals surface area contributed by atoms with Gasteiger partial charge in [0.15, 0.2) is 0 Å². The Labute approximate surface area is 215 Å². The number of carboxylic acid groups (broad SMARTS) is 1. The normalized spacial score (nSPS) is 16.3. The second-order valence-electron chi connectivity index (χ2n) is 10.1. The van der Waals surface area contributed by atoms with Gasteiger partial charge in [-0.3, -0.25) is 4.79 Å². The number of carbonyl (C=O) groups excluding carboxylic acids is 2. The first-order chi connectivity index (χ1) is 17.1. The predicted octanol–water partition coefficient (Wildman–Crippen LogP) is 4.80. The lowest BCUT2D eigenvalue weighted by Gasteiger charge is -2.28. The molecule has 2 heterocycles. The van der Waals surface area contributed by atoms with E-state index in [1.807, 2.05) is 0 Å². The number of nitrogens with one attached hydrogen (secondary N) is 1. The molecule has 0 aromatic carbocycles. The van der Waals surface area contributed by atoms with Crippen LogP contribution in [0.3, 0.4) is 0 Å². The lowest BCUT2D eigenvalue weighted by atomic mass is 10.1. The number of hydrogen-bond acceptors (Lipinski definition) is 6. The molecular weight excluding hydrogens is 528 g/mol. The third-order valence-corrected chi connectivity index (χ3v) is 4.80. The molecule has 2 amide bonds. The van der Waals surface area contributed by atoms with Gasteiger partial charge in [-0.25, -0.2) is 14.6 Å². The summed E-state index contributed by atoms with van der Waals surface area (Å²) in [6.07, 6.45) is -8.09. The highest BCUT2D eigenvalue weighted by Gasteiger charge is 2.43. The van der Waals surface area contributed by atoms with E-state index in [-0.39, 0.29) is 18.9 Å². The molecule has 2 rings (SSSR count). The van der Waals surface area contributed by atoms with Crippen molar-refractivity contribution in [3.63, 3.8) is 0 Å². The van der Waals surface area contributed by atoms with Gasteiger partial charge in [-0.15, -0.1) is 0 Å². The van der Waals surface area contributed by atoms with Crippen LogP contribution in [0.5, 0.6) is 5.88 Å². The van der Waals surface area contributed by atoms with Gasteiger partial charge < -0.3 is 24.8 Å². The molecule has 1 aliphatic rings. The number of likely N-dealkylation sites (tertiary alicyclic amines) is 1. The average Bonchev–Trinajstić information content (AvgIpc) is 3.18. The van der Waals surface area contributed by atoms with Crippen molar-refractivity contribution in [3.05, 3.63) is 23.9 Å². The number of carbonyl (C=O) groups is 3. The van der Waals surface area contributed by atoms with Crippen molar-refractivity contribution in [2.75, 3.05) is 13.2 Å². The minimum Gasteiger partial charge on any atom is -0.475 e. The molecule has 1 fully saturated rings. The molecule has 0 spiro atoms. The number of ether oxygens (including phenoxy) is 2. The summed E-state index contributed by atoms with van der Waals surface area (Å²) in [5.41, 5.74) is -3.05. The molecule has 1 saturated heterocycles. The van der Waals surface area contributed by atoms with E-state index in [1.54, 1.807) is 13.8 Å². The van der Waals surface area contributed by atoms with Crippen LogP contribution in [0.2, 0.25) is 0 Å². The first-order valence-electron chi connectivity index (χ1n) is 11.4. The maximum absolute atomic E-state index is 13.0. The molecule has 1 atom stereocenters. The van der Waals surface area contributed by atoms with Gasteiger partial charge in [0.1, 0.15) is 17.8 Å². The predicted molar refractivity (Wildman–Crippen MR) is 121 cm³/mol. The first-order valence-corrected chi connectivity index (χ1v) is 11.4. The van der Waals surface area contributed by atoms with Crippen molar-refractivity contribution in [2.45, 2.75) is 83.4 Å². The maximum atomic E-state index is 13.0. The molecule has 1 aromatic rings. The van der Waals surface area contributed by atoms with E-state index in [0.29, 0.717) is 19.4 Å². The second-order valence-corrected chi connectivity index (χ2v) is 10.1. The van der Waals surface area contributed by atoms with Gasteiger partial charge in [0.05, 0.1) is 5.54 Å². The summed E-state index contributed by atoms with van der Waals surface area (Å²) >= 11 is 0. The van der Waals surface area contributed by atoms with Gasteiger partial charge in [-0.05, 0) is 59.6 Å². The molecule has 38 heavy (non-hydrogen) atoms. The smallest absolute Gasteiger partial charge is 0.475 e. The maximum Gasteiger partial charge on any atom is 0.490 e. The third kappa shape index (κ3) is 11.4. The molecular formula is C23H31F6N3O6. The zero-order valence-corrected chi connectivity index (χ0v) is 21.5. The van der Waals surface area contributed by atoms with Gasteiger partial charge in [0.25, 0.3) is 0 Å². The molecule has 0 saturated carbocycles. The number of pyridine rings is 1. The van der Waals surface area contributed by atoms with Crippen LogP contribution in [-0.2, 0) is 20.5 Å². The summed E-state index contributed by atoms with van der Waals surface area (Å²) in [6, 6.07) is 1.64. The first kappa shape index (κ1) is 32.8. The van der Waals surface area contributed by atoms with Crippen LogP contribution >= 0.6 is 0 Å². The van der Waals surface area contributed by atoms with Crippen LogP contribution in [-0.4, -0.2) is 69.5 Å². The second kappa shape index (κ2) is 12.5. The van der Waals surface area contributed by atoms with Crippen LogP contribution in [0.4, 0.5) is 31.1 Å². The Morgan fingerprint density at radius 1 is 1.11 bits per heavy atom. The Morgan fingerprint density at radius 3 is 2.18 bits per heavy atom. The summed E-state index contributed by atoms with van der Waals surface area (Å²) in [7, 11) is 0. The van der Waals surface area contributed by atoms with E-state index in [0.717, 1.165) is 6.07 Å². The molecule has 1 aliphatic heterocycles. The number of hydrogen-bond donors (Lipinski definition) is 2. The SMILES string of the molecule is CC(C)(C)OC(=O)C(F)(F)F.CC(C)(COc1ncccc1C(F)(F)F)NC(=O)CC1CCCN1C(=O)O. The minimum absolute atomic E-state index is 0.00683. The molecule has 1 unspecified atom stereocenters. The van der Waals surface area contributed by atoms with Crippen LogP contribution in [0, 0.1) is 0 Å². The van der Waals surface area contributed by atoms with Crippen molar-refractivity contribution < 1.29 is 55.3 Å². The fourth-order valence-corrected chi connectivity index (χ4v) is 3.28. The molecule has 2 N–H and O–H groups in total. The summed E-state index contributed by atoms with van der Waals surface area (Å²) in [4.78, 5) is 38.3. The molecule has 9 nitrogen and oxygen atoms in total. The minimum atomic E-state index is -4.90. The highest BCUT2D eigenvalue weighted by molar-refractivity contribution is 5.78. The van der Waals surface area contributed by atoms with E-state index >= 15 is 0 Å². The van der Waals surface area contributed by atoms with Crippen molar-refractivity contribution in [3.8, 4) is 5.88 Å². The monoisotopic (exact) mass is 559 g/mol. The number of nitrogens with zero attached hydrogens (tertiary/aromatic N) is 2. The highest BCUT2D eigenvalue weighted by Crippen LogP contribution is 2.34. The Balaban J connectivity index is 0.000000554. The van der Waals surface area contributed by atoms with Gasteiger partial charge in [0, 0.05) is 25.2 Å². The summed E-state index contributed by atoms with van der Waals surface area (Å²) in [5.74, 6) is -3.09. The zero-order chi connectivity index (χ0) is 29.5. The Hall–Kier alpha value is -3.26. The zero-order valence-electron chi connectivity index (χ0n) is 21.5. The lowest BCUT2D eigenvalue weighted by molar-refractivity contribution is -0.210. The Morgan fingerprint density at radius 2 is 1.71 bits per heavy atom. The van der Waals surface area contributed by atoms with E-state index < -0.39 is 53.0 Å². The third-order valence-electron chi connectivity index (χ3n) is 4.80. The number of halogens is 6. The largest absolute Gasteiger partial charge is 0.490 e. The van der Waals surface area contributed by atoms with Crippen molar-refractivity contribution >= 4 is 18.0 Å². The number of aromatic nitrogens is 1. The van der Waals surface area contributed by atoms with Gasteiger partial charge in [-0.2, -0.15) is 26.3 Å². The standard InChI is InChI=1S/C17H22F3N3O4.C6H9F3O2/c1-16(2,10-27-14-12(17(18,19)20)6-3-7-21-14)22-13(24)9-11-5-4-8-23(11)15(25)26;1-5(2,3)11-4(10)6(7,8)9/h3,6-7,11H,4-5,8-10H2,1-2H3,(H,22,24)(H,25,26);1-3H3. The molecule has 15 heteroatoms. The molecule has 216 valence electrons. The molecule has 0 radical (unpaired) electrons. The van der Waals surface area contributed by atoms with Crippen molar-refractivity contribution in [1.29, 1.82) is 0 Å². The Bertz CT molecular complexity index is 976. The molecule has 1 aromatic heterocycles. The van der Waals surface area contributed by atoms with Crippen LogP contribution in [0.25, 0.3) is 0 Å². The fraction of sp³-hybridized carbons (Fsp3) is 0.652. The van der Waals surface area contributed by atoms with Crippen molar-refractivity contribution in [2.24, 2.45) is 0 Å². The van der Waals surface area contributed by atoms with E-state index in [4.69, 9.17) is 9.84 Å². The van der Waals surface area contributed by atoms with Crippen LogP contribution in [0.1, 0.15) is 59.4 Å². The van der Waals surface area contributed by atoms with Gasteiger partial charge in [-0.1, -0.05) is 0 Å². The van der Waals surface area contributed by atoms with E-state index in [1.165, 1.54) is 37.9 Å². The average molecular weight is 560 g/mol. The molecule has 0 bridgehead atoms. The van der Waals surface area contributed by atoms with E-state index in [9.17, 15) is 40.7 Å². The number of alkyl halides is 6. The highest BCUT2D eigenvalue weighted by atomic mass is 19.4.